The average Bonchev–Trinajstić information content (AvgIpc) is 2.69. The number of hydrazine groups is 1. The second-order valence-electron chi connectivity index (χ2n) is 5.92. The van der Waals surface area contributed by atoms with Crippen molar-refractivity contribution in [2.75, 3.05) is 19.0 Å². The third-order valence-corrected chi connectivity index (χ3v) is 3.78. The average molecular weight is 411 g/mol. The summed E-state index contributed by atoms with van der Waals surface area (Å²) in [6, 6.07) is 11.6. The number of hydrazone groups is 1. The van der Waals surface area contributed by atoms with Crippen molar-refractivity contribution < 1.29 is 17.9 Å². The van der Waals surface area contributed by atoms with Crippen LogP contribution >= 0.6 is 0 Å². The standard InChI is InChI=1S/C18H22F3N5O.C2H6/c1-12(11-27-2)26(23)25-17(22)15-5-3-4-6-16(15)24-14-9-7-13(8-10-14)18(19,20)21;1-2/h3-10,12,24H,11,23H2,1-2H3,(H2,22,25);1-2H3. The van der Waals surface area contributed by atoms with Crippen LogP contribution in [-0.4, -0.2) is 30.7 Å². The smallest absolute Gasteiger partial charge is 0.382 e. The molecule has 1 atom stereocenters. The molecular weight excluding hydrogens is 383 g/mol. The summed E-state index contributed by atoms with van der Waals surface area (Å²) in [5.74, 6) is 6.02. The maximum Gasteiger partial charge on any atom is 0.416 e. The van der Waals surface area contributed by atoms with Crippen molar-refractivity contribution in [3.63, 3.8) is 0 Å². The Labute approximate surface area is 169 Å². The van der Waals surface area contributed by atoms with Crippen molar-refractivity contribution in [3.8, 4) is 0 Å². The molecule has 0 saturated carbocycles. The number of ether oxygens (including phenoxy) is 1. The summed E-state index contributed by atoms with van der Waals surface area (Å²) >= 11 is 0. The summed E-state index contributed by atoms with van der Waals surface area (Å²) < 4.78 is 43.1. The van der Waals surface area contributed by atoms with Crippen molar-refractivity contribution in [3.05, 3.63) is 59.7 Å². The molecule has 2 aromatic rings. The Hall–Kier alpha value is -2.78. The lowest BCUT2D eigenvalue weighted by molar-refractivity contribution is -0.137. The van der Waals surface area contributed by atoms with Gasteiger partial charge in [0.25, 0.3) is 0 Å². The Bertz CT molecular complexity index is 778. The number of para-hydroxylation sites is 1. The van der Waals surface area contributed by atoms with Gasteiger partial charge in [-0.1, -0.05) is 26.0 Å². The minimum Gasteiger partial charge on any atom is -0.382 e. The molecule has 0 radical (unpaired) electrons. The fraction of sp³-hybridized carbons (Fsp3) is 0.350. The molecule has 2 aromatic carbocycles. The Balaban J connectivity index is 0.00000204. The first-order valence-corrected chi connectivity index (χ1v) is 9.13. The third-order valence-electron chi connectivity index (χ3n) is 3.78. The lowest BCUT2D eigenvalue weighted by Crippen LogP contribution is -2.39. The van der Waals surface area contributed by atoms with Crippen LogP contribution in [0, 0.1) is 0 Å². The highest BCUT2D eigenvalue weighted by atomic mass is 19.4. The number of nitrogens with one attached hydrogen (secondary N) is 1. The third kappa shape index (κ3) is 7.28. The topological polar surface area (TPSA) is 88.9 Å². The molecule has 0 aromatic heterocycles. The number of amidine groups is 1. The molecule has 2 rings (SSSR count). The fourth-order valence-corrected chi connectivity index (χ4v) is 2.31. The van der Waals surface area contributed by atoms with Crippen molar-refractivity contribution in [2.24, 2.45) is 16.7 Å². The molecule has 0 fully saturated rings. The van der Waals surface area contributed by atoms with Crippen LogP contribution in [0.5, 0.6) is 0 Å². The number of methoxy groups -OCH3 is 1. The van der Waals surface area contributed by atoms with Crippen LogP contribution in [0.15, 0.2) is 53.6 Å². The summed E-state index contributed by atoms with van der Waals surface area (Å²) in [5, 5.41) is 8.40. The number of rotatable bonds is 7. The van der Waals surface area contributed by atoms with Gasteiger partial charge in [0.1, 0.15) is 0 Å². The maximum atomic E-state index is 12.7. The zero-order chi connectivity index (χ0) is 22.0. The molecule has 0 amide bonds. The molecule has 9 heteroatoms. The minimum absolute atomic E-state index is 0.162. The minimum atomic E-state index is -4.38. The first kappa shape index (κ1) is 24.3. The van der Waals surface area contributed by atoms with Gasteiger partial charge in [0.05, 0.1) is 18.2 Å². The van der Waals surface area contributed by atoms with Gasteiger partial charge in [0, 0.05) is 24.0 Å². The van der Waals surface area contributed by atoms with Crippen LogP contribution in [0.1, 0.15) is 31.9 Å². The molecule has 6 nitrogen and oxygen atoms in total. The van der Waals surface area contributed by atoms with Gasteiger partial charge < -0.3 is 15.8 Å². The van der Waals surface area contributed by atoms with Crippen LogP contribution < -0.4 is 16.9 Å². The van der Waals surface area contributed by atoms with E-state index in [0.717, 1.165) is 12.1 Å². The maximum absolute atomic E-state index is 12.7. The molecule has 160 valence electrons. The van der Waals surface area contributed by atoms with Crippen molar-refractivity contribution in [1.29, 1.82) is 0 Å². The summed E-state index contributed by atoms with van der Waals surface area (Å²) in [4.78, 5) is 0. The molecule has 0 bridgehead atoms. The quantitative estimate of drug-likeness (QED) is 0.274. The van der Waals surface area contributed by atoms with E-state index in [2.05, 4.69) is 10.4 Å². The lowest BCUT2D eigenvalue weighted by atomic mass is 10.1. The van der Waals surface area contributed by atoms with E-state index in [-0.39, 0.29) is 11.9 Å². The lowest BCUT2D eigenvalue weighted by Gasteiger charge is -2.21. The highest BCUT2D eigenvalue weighted by Gasteiger charge is 2.29. The summed E-state index contributed by atoms with van der Waals surface area (Å²) in [6.07, 6.45) is -4.38. The highest BCUT2D eigenvalue weighted by Crippen LogP contribution is 2.30. The van der Waals surface area contributed by atoms with Gasteiger partial charge in [-0.15, -0.1) is 5.10 Å². The predicted octanol–water partition coefficient (Wildman–Crippen LogP) is 4.31. The normalized spacial score (nSPS) is 12.6. The zero-order valence-electron chi connectivity index (χ0n) is 17.0. The molecule has 0 heterocycles. The SMILES string of the molecule is CC.COCC(C)N(N)/N=C(\N)c1ccccc1Nc1ccc(C(F)(F)F)cc1. The van der Waals surface area contributed by atoms with Crippen molar-refractivity contribution >= 4 is 17.2 Å². The number of benzene rings is 2. The van der Waals surface area contributed by atoms with E-state index in [1.54, 1.807) is 31.4 Å². The van der Waals surface area contributed by atoms with Gasteiger partial charge in [-0.05, 0) is 43.3 Å². The van der Waals surface area contributed by atoms with Gasteiger partial charge in [0.2, 0.25) is 0 Å². The predicted molar refractivity (Wildman–Crippen MR) is 111 cm³/mol. The first-order valence-electron chi connectivity index (χ1n) is 9.13. The van der Waals surface area contributed by atoms with E-state index in [1.807, 2.05) is 20.8 Å². The summed E-state index contributed by atoms with van der Waals surface area (Å²) in [7, 11) is 1.56. The van der Waals surface area contributed by atoms with E-state index < -0.39 is 11.7 Å². The molecule has 5 N–H and O–H groups in total. The van der Waals surface area contributed by atoms with Crippen LogP contribution in [0.25, 0.3) is 0 Å². The van der Waals surface area contributed by atoms with Crippen LogP contribution in [0.3, 0.4) is 0 Å². The monoisotopic (exact) mass is 411 g/mol. The Kier molecular flexibility index (Phi) is 9.43. The van der Waals surface area contributed by atoms with Gasteiger partial charge in [-0.2, -0.15) is 13.2 Å². The molecule has 0 spiro atoms. The van der Waals surface area contributed by atoms with Gasteiger partial charge >= 0.3 is 6.18 Å². The largest absolute Gasteiger partial charge is 0.416 e. The molecule has 0 aliphatic carbocycles. The second-order valence-corrected chi connectivity index (χ2v) is 5.92. The number of halogens is 3. The van der Waals surface area contributed by atoms with Gasteiger partial charge in [-0.25, -0.2) is 11.0 Å². The van der Waals surface area contributed by atoms with Crippen molar-refractivity contribution in [2.45, 2.75) is 33.0 Å². The van der Waals surface area contributed by atoms with E-state index in [1.165, 1.54) is 17.3 Å². The summed E-state index contributed by atoms with van der Waals surface area (Å²) in [6.45, 7) is 6.20. The van der Waals surface area contributed by atoms with Crippen molar-refractivity contribution in [1.82, 2.24) is 5.12 Å². The number of nitrogens with zero attached hydrogens (tertiary/aromatic N) is 2. The zero-order valence-corrected chi connectivity index (χ0v) is 17.0. The fourth-order valence-electron chi connectivity index (χ4n) is 2.31. The highest BCUT2D eigenvalue weighted by molar-refractivity contribution is 6.02. The molecular formula is C20H28F3N5O. The Morgan fingerprint density at radius 3 is 2.28 bits per heavy atom. The second kappa shape index (κ2) is 11.3. The Morgan fingerprint density at radius 2 is 1.72 bits per heavy atom. The number of anilines is 2. The van der Waals surface area contributed by atoms with E-state index in [4.69, 9.17) is 16.3 Å². The van der Waals surface area contributed by atoms with E-state index >= 15 is 0 Å². The number of hydrogen-bond donors (Lipinski definition) is 3. The molecule has 29 heavy (non-hydrogen) atoms. The van der Waals surface area contributed by atoms with Crippen LogP contribution in [0.4, 0.5) is 24.5 Å². The Morgan fingerprint density at radius 1 is 1.14 bits per heavy atom. The van der Waals surface area contributed by atoms with Gasteiger partial charge in [0.15, 0.2) is 5.84 Å². The molecule has 0 aliphatic heterocycles. The number of alkyl halides is 3. The molecule has 1 unspecified atom stereocenters. The van der Waals surface area contributed by atoms with Gasteiger partial charge in [-0.3, -0.25) is 0 Å². The number of nitrogens with two attached hydrogens (primary N) is 2. The van der Waals surface area contributed by atoms with Crippen LogP contribution in [-0.2, 0) is 10.9 Å². The number of hydrogen-bond acceptors (Lipinski definition) is 5. The van der Waals surface area contributed by atoms with E-state index in [9.17, 15) is 13.2 Å². The first-order chi connectivity index (χ1) is 13.7. The summed E-state index contributed by atoms with van der Waals surface area (Å²) in [5.41, 5.74) is 6.99. The molecule has 0 saturated heterocycles. The molecule has 0 aliphatic rings. The van der Waals surface area contributed by atoms with E-state index in [0.29, 0.717) is 23.5 Å². The van der Waals surface area contributed by atoms with Crippen LogP contribution in [0.2, 0.25) is 0 Å².